The van der Waals surface area contributed by atoms with E-state index in [1.54, 1.807) is 0 Å². The fraction of sp³-hybridized carbons (Fsp3) is 0.923. The molecule has 0 aromatic rings. The van der Waals surface area contributed by atoms with Gasteiger partial charge in [-0.1, -0.05) is 0 Å². The van der Waals surface area contributed by atoms with Crippen LogP contribution in [0.4, 0.5) is 0 Å². The number of hydrogen-bond donors (Lipinski definition) is 1. The minimum absolute atomic E-state index is 0.0313. The van der Waals surface area contributed by atoms with Crippen LogP contribution in [0.25, 0.3) is 0 Å². The van der Waals surface area contributed by atoms with Crippen LogP contribution < -0.4 is 5.32 Å². The molecule has 0 aromatic carbocycles. The number of amides is 1. The van der Waals surface area contributed by atoms with Crippen LogP contribution in [0.2, 0.25) is 0 Å². The van der Waals surface area contributed by atoms with E-state index in [2.05, 4.69) is 5.32 Å². The standard InChI is InChI=1S/C13H24N2O3S/c1-15(12-3-2-6-14-7-4-12)13(16)9-11-5-8-19(17,18)10-11/h11-12,14H,2-10H2,1H3. The second kappa shape index (κ2) is 6.22. The van der Waals surface area contributed by atoms with Crippen LogP contribution in [0.1, 0.15) is 32.1 Å². The van der Waals surface area contributed by atoms with Gasteiger partial charge in [-0.2, -0.15) is 0 Å². The molecule has 2 atom stereocenters. The van der Waals surface area contributed by atoms with Gasteiger partial charge in [-0.25, -0.2) is 8.42 Å². The molecule has 0 saturated carbocycles. The smallest absolute Gasteiger partial charge is 0.222 e. The maximum atomic E-state index is 12.2. The lowest BCUT2D eigenvalue weighted by Gasteiger charge is -2.28. The van der Waals surface area contributed by atoms with Gasteiger partial charge in [-0.05, 0) is 44.7 Å². The van der Waals surface area contributed by atoms with E-state index in [-0.39, 0.29) is 23.3 Å². The van der Waals surface area contributed by atoms with Gasteiger partial charge in [0.1, 0.15) is 0 Å². The lowest BCUT2D eigenvalue weighted by Crippen LogP contribution is -2.38. The molecule has 5 nitrogen and oxygen atoms in total. The summed E-state index contributed by atoms with van der Waals surface area (Å²) in [4.78, 5) is 14.1. The van der Waals surface area contributed by atoms with Crippen LogP contribution in [-0.4, -0.2) is 56.9 Å². The normalized spacial score (nSPS) is 30.8. The highest BCUT2D eigenvalue weighted by Crippen LogP contribution is 2.23. The van der Waals surface area contributed by atoms with Gasteiger partial charge < -0.3 is 10.2 Å². The fourth-order valence-electron chi connectivity index (χ4n) is 3.02. The topological polar surface area (TPSA) is 66.5 Å². The summed E-state index contributed by atoms with van der Waals surface area (Å²) in [6, 6.07) is 0.306. The Morgan fingerprint density at radius 2 is 2.05 bits per heavy atom. The van der Waals surface area contributed by atoms with E-state index in [0.717, 1.165) is 32.4 Å². The van der Waals surface area contributed by atoms with Gasteiger partial charge in [-0.15, -0.1) is 0 Å². The summed E-state index contributed by atoms with van der Waals surface area (Å²) < 4.78 is 22.8. The van der Waals surface area contributed by atoms with Crippen molar-refractivity contribution in [1.82, 2.24) is 10.2 Å². The number of rotatable bonds is 3. The SMILES string of the molecule is CN(C(=O)CC1CCS(=O)(=O)C1)C1CCCNCC1. The molecule has 0 radical (unpaired) electrons. The van der Waals surface area contributed by atoms with E-state index < -0.39 is 9.84 Å². The third-order valence-corrected chi connectivity index (χ3v) is 6.11. The monoisotopic (exact) mass is 288 g/mol. The number of nitrogens with one attached hydrogen (secondary N) is 1. The van der Waals surface area contributed by atoms with Gasteiger partial charge in [-0.3, -0.25) is 4.79 Å². The van der Waals surface area contributed by atoms with Crippen molar-refractivity contribution in [3.05, 3.63) is 0 Å². The van der Waals surface area contributed by atoms with E-state index in [9.17, 15) is 13.2 Å². The van der Waals surface area contributed by atoms with Gasteiger partial charge in [0.2, 0.25) is 5.91 Å². The van der Waals surface area contributed by atoms with Crippen molar-refractivity contribution in [3.8, 4) is 0 Å². The zero-order valence-electron chi connectivity index (χ0n) is 11.6. The molecule has 110 valence electrons. The second-order valence-electron chi connectivity index (χ2n) is 5.81. The maximum absolute atomic E-state index is 12.2. The first-order chi connectivity index (χ1) is 8.98. The highest BCUT2D eigenvalue weighted by atomic mass is 32.2. The Morgan fingerprint density at radius 3 is 2.74 bits per heavy atom. The Kier molecular flexibility index (Phi) is 4.84. The third kappa shape index (κ3) is 4.18. The highest BCUT2D eigenvalue weighted by Gasteiger charge is 2.31. The predicted molar refractivity (Wildman–Crippen MR) is 74.7 cm³/mol. The molecule has 2 saturated heterocycles. The van der Waals surface area contributed by atoms with Gasteiger partial charge in [0.15, 0.2) is 9.84 Å². The van der Waals surface area contributed by atoms with Crippen molar-refractivity contribution < 1.29 is 13.2 Å². The van der Waals surface area contributed by atoms with Crippen molar-refractivity contribution in [2.75, 3.05) is 31.6 Å². The van der Waals surface area contributed by atoms with Gasteiger partial charge in [0.25, 0.3) is 0 Å². The molecule has 0 bridgehead atoms. The zero-order valence-corrected chi connectivity index (χ0v) is 12.4. The van der Waals surface area contributed by atoms with E-state index in [1.807, 2.05) is 11.9 Å². The Morgan fingerprint density at radius 1 is 1.26 bits per heavy atom. The summed E-state index contributed by atoms with van der Waals surface area (Å²) in [7, 11) is -1.02. The van der Waals surface area contributed by atoms with Crippen LogP contribution >= 0.6 is 0 Å². The van der Waals surface area contributed by atoms with Gasteiger partial charge in [0.05, 0.1) is 11.5 Å². The minimum Gasteiger partial charge on any atom is -0.343 e. The average molecular weight is 288 g/mol. The van der Waals surface area contributed by atoms with Crippen molar-refractivity contribution in [3.63, 3.8) is 0 Å². The van der Waals surface area contributed by atoms with Gasteiger partial charge in [0, 0.05) is 19.5 Å². The maximum Gasteiger partial charge on any atom is 0.222 e. The quantitative estimate of drug-likeness (QED) is 0.817. The molecule has 0 aliphatic carbocycles. The molecule has 2 aliphatic heterocycles. The Labute approximate surface area is 115 Å². The van der Waals surface area contributed by atoms with Crippen LogP contribution in [0.5, 0.6) is 0 Å². The van der Waals surface area contributed by atoms with Crippen molar-refractivity contribution in [2.45, 2.75) is 38.1 Å². The number of carbonyl (C=O) groups is 1. The number of nitrogens with zero attached hydrogens (tertiary/aromatic N) is 1. The molecule has 2 fully saturated rings. The average Bonchev–Trinajstić information content (AvgIpc) is 2.59. The largest absolute Gasteiger partial charge is 0.343 e. The first-order valence-corrected chi connectivity index (χ1v) is 8.97. The predicted octanol–water partition coefficient (Wildman–Crippen LogP) is 0.412. The molecule has 0 aromatic heterocycles. The van der Waals surface area contributed by atoms with Crippen LogP contribution in [-0.2, 0) is 14.6 Å². The van der Waals surface area contributed by atoms with Crippen molar-refractivity contribution in [1.29, 1.82) is 0 Å². The molecule has 2 aliphatic rings. The Bertz CT molecular complexity index is 414. The molecule has 6 heteroatoms. The Balaban J connectivity index is 1.85. The van der Waals surface area contributed by atoms with Crippen LogP contribution in [0.3, 0.4) is 0 Å². The highest BCUT2D eigenvalue weighted by molar-refractivity contribution is 7.91. The summed E-state index contributed by atoms with van der Waals surface area (Å²) in [5.41, 5.74) is 0. The van der Waals surface area contributed by atoms with E-state index in [1.165, 1.54) is 0 Å². The molecule has 1 amide bonds. The summed E-state index contributed by atoms with van der Waals surface area (Å²) in [6.45, 7) is 1.99. The number of hydrogen-bond acceptors (Lipinski definition) is 4. The number of carbonyl (C=O) groups excluding carboxylic acids is 1. The van der Waals surface area contributed by atoms with E-state index in [0.29, 0.717) is 18.9 Å². The molecule has 1 N–H and O–H groups in total. The first kappa shape index (κ1) is 14.8. The zero-order chi connectivity index (χ0) is 13.9. The number of sulfone groups is 1. The molecule has 2 unspecified atom stereocenters. The molecule has 0 spiro atoms. The first-order valence-electron chi connectivity index (χ1n) is 7.15. The van der Waals surface area contributed by atoms with Crippen molar-refractivity contribution in [2.24, 2.45) is 5.92 Å². The molecule has 2 rings (SSSR count). The molecule has 19 heavy (non-hydrogen) atoms. The van der Waals surface area contributed by atoms with Crippen LogP contribution in [0.15, 0.2) is 0 Å². The fourth-order valence-corrected chi connectivity index (χ4v) is 4.88. The molecule has 2 heterocycles. The van der Waals surface area contributed by atoms with E-state index >= 15 is 0 Å². The molecular formula is C13H24N2O3S. The Hall–Kier alpha value is -0.620. The minimum atomic E-state index is -2.88. The third-order valence-electron chi connectivity index (χ3n) is 4.28. The molecular weight excluding hydrogens is 264 g/mol. The summed E-state index contributed by atoms with van der Waals surface area (Å²) in [5, 5.41) is 3.34. The lowest BCUT2D eigenvalue weighted by molar-refractivity contribution is -0.133. The summed E-state index contributed by atoms with van der Waals surface area (Å²) >= 11 is 0. The van der Waals surface area contributed by atoms with Crippen LogP contribution in [0, 0.1) is 5.92 Å². The second-order valence-corrected chi connectivity index (χ2v) is 8.04. The lowest BCUT2D eigenvalue weighted by atomic mass is 10.0. The van der Waals surface area contributed by atoms with Gasteiger partial charge >= 0.3 is 0 Å². The summed E-state index contributed by atoms with van der Waals surface area (Å²) in [5.74, 6) is 0.582. The van der Waals surface area contributed by atoms with Crippen molar-refractivity contribution >= 4 is 15.7 Å². The summed E-state index contributed by atoms with van der Waals surface area (Å²) in [6.07, 6.45) is 4.16. The van der Waals surface area contributed by atoms with E-state index in [4.69, 9.17) is 0 Å².